The second-order valence-electron chi connectivity index (χ2n) is 9.88. The fraction of sp³-hybridized carbons (Fsp3) is 0.323. The largest absolute Gasteiger partial charge is 0.481 e. The number of carbonyl (C=O) groups is 3. The maximum absolute atomic E-state index is 12.3. The Morgan fingerprint density at radius 2 is 1.63 bits per heavy atom. The number of ether oxygens (including phenoxy) is 2. The zero-order chi connectivity index (χ0) is 29.4. The molecule has 1 heterocycles. The first kappa shape index (κ1) is 30.3. The SMILES string of the molecule is C[C@@H]1[C@H](CSc2ccc(C(=O)O)cc2)O[C@H](c2cccc(NC(=O)CCCC(=O)O)c2)O[C@@H]1c1ccc(CO)cc1. The van der Waals surface area contributed by atoms with Crippen LogP contribution in [0.3, 0.4) is 0 Å². The van der Waals surface area contributed by atoms with Crippen molar-refractivity contribution in [3.63, 3.8) is 0 Å². The highest BCUT2D eigenvalue weighted by atomic mass is 32.2. The van der Waals surface area contributed by atoms with E-state index in [0.717, 1.165) is 21.6 Å². The van der Waals surface area contributed by atoms with Gasteiger partial charge in [0.05, 0.1) is 24.4 Å². The molecule has 1 aliphatic heterocycles. The summed E-state index contributed by atoms with van der Waals surface area (Å²) in [5.74, 6) is -1.62. The van der Waals surface area contributed by atoms with Gasteiger partial charge in [-0.1, -0.05) is 43.3 Å². The van der Waals surface area contributed by atoms with Crippen LogP contribution in [-0.4, -0.2) is 45.0 Å². The van der Waals surface area contributed by atoms with E-state index >= 15 is 0 Å². The molecule has 216 valence electrons. The third-order valence-corrected chi connectivity index (χ3v) is 7.98. The molecule has 4 atom stereocenters. The first-order chi connectivity index (χ1) is 19.7. The molecule has 0 saturated carbocycles. The Labute approximate surface area is 242 Å². The molecule has 4 N–H and O–H groups in total. The number of aliphatic hydroxyl groups is 1. The molecule has 4 rings (SSSR count). The van der Waals surface area contributed by atoms with E-state index in [4.69, 9.17) is 14.6 Å². The molecule has 1 aliphatic rings. The van der Waals surface area contributed by atoms with Crippen molar-refractivity contribution in [1.82, 2.24) is 0 Å². The van der Waals surface area contributed by atoms with Crippen LogP contribution in [0, 0.1) is 5.92 Å². The minimum Gasteiger partial charge on any atom is -0.481 e. The number of amides is 1. The number of nitrogens with one attached hydrogen (secondary N) is 1. The van der Waals surface area contributed by atoms with Crippen LogP contribution in [0.1, 0.15) is 65.6 Å². The number of hydrogen-bond donors (Lipinski definition) is 4. The normalized spacial score (nSPS) is 20.3. The second-order valence-corrected chi connectivity index (χ2v) is 11.0. The molecule has 0 unspecified atom stereocenters. The number of aromatic carboxylic acids is 1. The molecule has 3 aromatic rings. The Hall–Kier alpha value is -3.70. The van der Waals surface area contributed by atoms with Gasteiger partial charge in [-0.3, -0.25) is 9.59 Å². The van der Waals surface area contributed by atoms with Gasteiger partial charge in [0.1, 0.15) is 0 Å². The van der Waals surface area contributed by atoms with Gasteiger partial charge in [-0.05, 0) is 53.9 Å². The van der Waals surface area contributed by atoms with Gasteiger partial charge < -0.3 is 30.1 Å². The van der Waals surface area contributed by atoms with Crippen LogP contribution in [0.25, 0.3) is 0 Å². The summed E-state index contributed by atoms with van der Waals surface area (Å²) in [7, 11) is 0. The first-order valence-electron chi connectivity index (χ1n) is 13.3. The Bertz CT molecular complexity index is 1340. The number of benzene rings is 3. The molecular weight excluding hydrogens is 546 g/mol. The van der Waals surface area contributed by atoms with Gasteiger partial charge >= 0.3 is 11.9 Å². The lowest BCUT2D eigenvalue weighted by Crippen LogP contribution is -2.38. The third-order valence-electron chi connectivity index (χ3n) is 6.88. The van der Waals surface area contributed by atoms with E-state index < -0.39 is 18.2 Å². The van der Waals surface area contributed by atoms with Crippen molar-refractivity contribution in [2.75, 3.05) is 11.1 Å². The average Bonchev–Trinajstić information content (AvgIpc) is 2.97. The third kappa shape index (κ3) is 8.40. The van der Waals surface area contributed by atoms with Crippen molar-refractivity contribution in [2.45, 2.75) is 56.2 Å². The lowest BCUT2D eigenvalue weighted by Gasteiger charge is -2.41. The smallest absolute Gasteiger partial charge is 0.335 e. The topological polar surface area (TPSA) is 142 Å². The van der Waals surface area contributed by atoms with Crippen LogP contribution in [0.5, 0.6) is 0 Å². The summed E-state index contributed by atoms with van der Waals surface area (Å²) in [6.07, 6.45) is -0.978. The molecule has 10 heteroatoms. The van der Waals surface area contributed by atoms with Crippen molar-refractivity contribution < 1.29 is 39.2 Å². The second kappa shape index (κ2) is 14.3. The average molecular weight is 580 g/mol. The van der Waals surface area contributed by atoms with Gasteiger partial charge in [-0.2, -0.15) is 0 Å². The lowest BCUT2D eigenvalue weighted by atomic mass is 9.91. The highest BCUT2D eigenvalue weighted by molar-refractivity contribution is 7.99. The van der Waals surface area contributed by atoms with Crippen LogP contribution in [0.15, 0.2) is 77.7 Å². The van der Waals surface area contributed by atoms with Gasteiger partial charge in [-0.15, -0.1) is 11.8 Å². The molecule has 0 aromatic heterocycles. The Morgan fingerprint density at radius 1 is 0.902 bits per heavy atom. The first-order valence-corrected chi connectivity index (χ1v) is 14.3. The predicted octanol–water partition coefficient (Wildman–Crippen LogP) is 5.65. The van der Waals surface area contributed by atoms with E-state index in [-0.39, 0.29) is 55.5 Å². The van der Waals surface area contributed by atoms with E-state index in [1.54, 1.807) is 54.2 Å². The van der Waals surface area contributed by atoms with Gasteiger partial charge in [-0.25, -0.2) is 4.79 Å². The highest BCUT2D eigenvalue weighted by Crippen LogP contribution is 2.43. The van der Waals surface area contributed by atoms with Gasteiger partial charge in [0.2, 0.25) is 5.91 Å². The number of carboxylic acid groups (broad SMARTS) is 2. The number of rotatable bonds is 12. The summed E-state index contributed by atoms with van der Waals surface area (Å²) in [4.78, 5) is 35.2. The zero-order valence-corrected chi connectivity index (χ0v) is 23.4. The van der Waals surface area contributed by atoms with E-state index in [2.05, 4.69) is 12.2 Å². The number of thioether (sulfide) groups is 1. The Balaban J connectivity index is 1.52. The van der Waals surface area contributed by atoms with Crippen molar-refractivity contribution in [1.29, 1.82) is 0 Å². The fourth-order valence-corrected chi connectivity index (χ4v) is 5.64. The van der Waals surface area contributed by atoms with Crippen molar-refractivity contribution in [3.8, 4) is 0 Å². The Morgan fingerprint density at radius 3 is 2.29 bits per heavy atom. The zero-order valence-electron chi connectivity index (χ0n) is 22.6. The van der Waals surface area contributed by atoms with Crippen molar-refractivity contribution >= 4 is 35.3 Å². The monoisotopic (exact) mass is 579 g/mol. The number of hydrogen-bond acceptors (Lipinski definition) is 7. The summed E-state index contributed by atoms with van der Waals surface area (Å²) in [5.41, 5.74) is 3.26. The van der Waals surface area contributed by atoms with Gasteiger partial charge in [0.25, 0.3) is 0 Å². The minimum absolute atomic E-state index is 0.0332. The van der Waals surface area contributed by atoms with Gasteiger partial charge in [0.15, 0.2) is 6.29 Å². The summed E-state index contributed by atoms with van der Waals surface area (Å²) < 4.78 is 12.9. The fourth-order valence-electron chi connectivity index (χ4n) is 4.57. The van der Waals surface area contributed by atoms with E-state index in [9.17, 15) is 24.6 Å². The predicted molar refractivity (Wildman–Crippen MR) is 154 cm³/mol. The summed E-state index contributed by atoms with van der Waals surface area (Å²) in [6, 6.07) is 21.5. The van der Waals surface area contributed by atoms with E-state index in [1.807, 2.05) is 30.3 Å². The minimum atomic E-state index is -0.973. The van der Waals surface area contributed by atoms with Crippen molar-refractivity contribution in [2.24, 2.45) is 5.92 Å². The van der Waals surface area contributed by atoms with Gasteiger partial charge in [0, 0.05) is 40.7 Å². The molecule has 41 heavy (non-hydrogen) atoms. The maximum atomic E-state index is 12.3. The molecule has 1 saturated heterocycles. The van der Waals surface area contributed by atoms with E-state index in [0.29, 0.717) is 11.4 Å². The summed E-state index contributed by atoms with van der Waals surface area (Å²) >= 11 is 1.57. The molecule has 9 nitrogen and oxygen atoms in total. The molecule has 0 bridgehead atoms. The van der Waals surface area contributed by atoms with Crippen LogP contribution in [0.2, 0.25) is 0 Å². The number of carboxylic acids is 2. The molecule has 1 amide bonds. The quantitative estimate of drug-likeness (QED) is 0.200. The summed E-state index contributed by atoms with van der Waals surface area (Å²) in [6.45, 7) is 2.01. The molecule has 0 radical (unpaired) electrons. The summed E-state index contributed by atoms with van der Waals surface area (Å²) in [5, 5.41) is 30.3. The molecule has 1 fully saturated rings. The number of carbonyl (C=O) groups excluding carboxylic acids is 1. The lowest BCUT2D eigenvalue weighted by molar-refractivity contribution is -0.268. The van der Waals surface area contributed by atoms with Crippen molar-refractivity contribution in [3.05, 3.63) is 95.1 Å². The van der Waals surface area contributed by atoms with Crippen LogP contribution in [0.4, 0.5) is 5.69 Å². The van der Waals surface area contributed by atoms with Crippen LogP contribution >= 0.6 is 11.8 Å². The molecule has 0 spiro atoms. The number of aliphatic hydroxyl groups excluding tert-OH is 1. The number of anilines is 1. The standard InChI is InChI=1S/C31H33NO8S/c1-19-26(18-41-25-14-12-22(13-15-25)30(37)38)39-31(40-29(19)21-10-8-20(17-33)9-11-21)23-4-2-5-24(16-23)32-27(34)6-3-7-28(35)36/h2,4-5,8-16,19,26,29,31,33H,3,6-7,17-18H2,1H3,(H,32,34)(H,35,36)(H,37,38)/t19-,26+,29+,31+/m1/s1. The molecule has 0 aliphatic carbocycles. The van der Waals surface area contributed by atoms with Crippen LogP contribution < -0.4 is 5.32 Å². The number of aliphatic carboxylic acids is 1. The maximum Gasteiger partial charge on any atom is 0.335 e. The van der Waals surface area contributed by atoms with E-state index in [1.165, 1.54) is 0 Å². The molecule has 3 aromatic carbocycles. The Kier molecular flexibility index (Phi) is 10.5. The highest BCUT2D eigenvalue weighted by Gasteiger charge is 2.38. The molecular formula is C31H33NO8S. The van der Waals surface area contributed by atoms with Crippen LogP contribution in [-0.2, 0) is 25.7 Å².